The highest BCUT2D eigenvalue weighted by atomic mass is 32.1. The van der Waals surface area contributed by atoms with Gasteiger partial charge in [0.05, 0.1) is 19.4 Å². The lowest BCUT2D eigenvalue weighted by atomic mass is 10.2. The van der Waals surface area contributed by atoms with Gasteiger partial charge in [-0.05, 0) is 37.1 Å². The molecule has 2 amide bonds. The minimum absolute atomic E-state index is 0.129. The maximum atomic E-state index is 12.3. The Hall–Kier alpha value is -2.65. The van der Waals surface area contributed by atoms with Crippen LogP contribution in [0.1, 0.15) is 28.9 Å². The van der Waals surface area contributed by atoms with E-state index in [0.717, 1.165) is 51.4 Å². The fourth-order valence-corrected chi connectivity index (χ4v) is 4.39. The lowest BCUT2D eigenvalue weighted by Gasteiger charge is -2.28. The Morgan fingerprint density at radius 2 is 1.97 bits per heavy atom. The van der Waals surface area contributed by atoms with Crippen molar-refractivity contribution in [3.63, 3.8) is 0 Å². The summed E-state index contributed by atoms with van der Waals surface area (Å²) in [6, 6.07) is 8.21. The number of carbonyl (C=O) groups is 2. The van der Waals surface area contributed by atoms with Crippen LogP contribution in [0.3, 0.4) is 0 Å². The molecule has 0 spiro atoms. The first kappa shape index (κ1) is 20.6. The number of aromatic nitrogens is 1. The van der Waals surface area contributed by atoms with Gasteiger partial charge in [0.1, 0.15) is 4.88 Å². The van der Waals surface area contributed by atoms with Gasteiger partial charge in [0.25, 0.3) is 5.91 Å². The third kappa shape index (κ3) is 5.28. The van der Waals surface area contributed by atoms with Crippen molar-refractivity contribution in [3.05, 3.63) is 35.3 Å². The van der Waals surface area contributed by atoms with Gasteiger partial charge in [0, 0.05) is 50.5 Å². The number of nitrogens with one attached hydrogen (secondary N) is 2. The number of amides is 2. The molecule has 9 heteroatoms. The van der Waals surface area contributed by atoms with Crippen LogP contribution in [-0.2, 0) is 9.53 Å². The van der Waals surface area contributed by atoms with Crippen LogP contribution in [-0.4, -0.2) is 67.6 Å². The Morgan fingerprint density at radius 3 is 2.70 bits per heavy atom. The zero-order valence-corrected chi connectivity index (χ0v) is 17.7. The van der Waals surface area contributed by atoms with E-state index in [1.165, 1.54) is 17.0 Å². The monoisotopic (exact) mass is 429 g/mol. The fourth-order valence-electron chi connectivity index (χ4n) is 3.64. The van der Waals surface area contributed by atoms with Crippen LogP contribution in [0.2, 0.25) is 0 Å². The molecule has 0 unspecified atom stereocenters. The summed E-state index contributed by atoms with van der Waals surface area (Å²) in [6.07, 6.45) is 3.95. The number of nitrogens with zero attached hydrogens (tertiary/aromatic N) is 3. The Bertz CT molecular complexity index is 864. The van der Waals surface area contributed by atoms with Crippen LogP contribution in [0.25, 0.3) is 0 Å². The molecule has 2 N–H and O–H groups in total. The molecule has 0 atom stereocenters. The number of carbonyl (C=O) groups excluding carboxylic acids is 2. The van der Waals surface area contributed by atoms with Crippen molar-refractivity contribution in [1.29, 1.82) is 0 Å². The summed E-state index contributed by atoms with van der Waals surface area (Å²) in [5, 5.41) is 6.85. The molecule has 2 saturated heterocycles. The van der Waals surface area contributed by atoms with E-state index < -0.39 is 0 Å². The highest BCUT2D eigenvalue weighted by Crippen LogP contribution is 2.25. The minimum Gasteiger partial charge on any atom is -0.378 e. The molecule has 0 radical (unpaired) electrons. The van der Waals surface area contributed by atoms with E-state index in [-0.39, 0.29) is 11.8 Å². The van der Waals surface area contributed by atoms with E-state index in [9.17, 15) is 9.59 Å². The SMILES string of the molecule is O=C(NCCCN1CCCC1=O)c1cnc(Nc2ccc(N3CCOCC3)cc2)s1. The van der Waals surface area contributed by atoms with Gasteiger partial charge in [-0.1, -0.05) is 11.3 Å². The Kier molecular flexibility index (Phi) is 6.81. The van der Waals surface area contributed by atoms with Crippen LogP contribution < -0.4 is 15.5 Å². The summed E-state index contributed by atoms with van der Waals surface area (Å²) in [7, 11) is 0. The van der Waals surface area contributed by atoms with E-state index in [1.807, 2.05) is 17.0 Å². The third-order valence-corrected chi connectivity index (χ3v) is 6.20. The summed E-state index contributed by atoms with van der Waals surface area (Å²) in [5.74, 6) is 0.0911. The molecule has 0 bridgehead atoms. The average molecular weight is 430 g/mol. The van der Waals surface area contributed by atoms with Gasteiger partial charge >= 0.3 is 0 Å². The lowest BCUT2D eigenvalue weighted by molar-refractivity contribution is -0.127. The summed E-state index contributed by atoms with van der Waals surface area (Å²) in [6.45, 7) is 5.43. The van der Waals surface area contributed by atoms with E-state index in [1.54, 1.807) is 6.20 Å². The largest absolute Gasteiger partial charge is 0.378 e. The summed E-state index contributed by atoms with van der Waals surface area (Å²) in [4.78, 5) is 33.0. The number of benzene rings is 1. The molecule has 1 aromatic heterocycles. The topological polar surface area (TPSA) is 86.8 Å². The Balaban J connectivity index is 1.23. The first-order valence-corrected chi connectivity index (χ1v) is 11.2. The lowest BCUT2D eigenvalue weighted by Crippen LogP contribution is -2.36. The standard InChI is InChI=1S/C21H27N5O3S/c27-19-3-1-9-26(19)10-2-8-22-20(28)18-15-23-21(30-18)24-16-4-6-17(7-5-16)25-11-13-29-14-12-25/h4-7,15H,1-3,8-14H2,(H,22,28)(H,23,24). The van der Waals surface area contributed by atoms with Crippen molar-refractivity contribution < 1.29 is 14.3 Å². The number of thiazole rings is 1. The van der Waals surface area contributed by atoms with Gasteiger partial charge in [-0.2, -0.15) is 0 Å². The van der Waals surface area contributed by atoms with Crippen molar-refractivity contribution in [2.45, 2.75) is 19.3 Å². The molecule has 2 aromatic rings. The van der Waals surface area contributed by atoms with Crippen LogP contribution in [0.5, 0.6) is 0 Å². The van der Waals surface area contributed by atoms with Gasteiger partial charge in [0.15, 0.2) is 5.13 Å². The molecule has 0 saturated carbocycles. The maximum Gasteiger partial charge on any atom is 0.263 e. The first-order valence-electron chi connectivity index (χ1n) is 10.4. The molecule has 2 aliphatic heterocycles. The smallest absolute Gasteiger partial charge is 0.263 e. The van der Waals surface area contributed by atoms with E-state index in [0.29, 0.717) is 29.5 Å². The van der Waals surface area contributed by atoms with E-state index >= 15 is 0 Å². The number of likely N-dealkylation sites (tertiary alicyclic amines) is 1. The quantitative estimate of drug-likeness (QED) is 0.627. The summed E-state index contributed by atoms with van der Waals surface area (Å²) >= 11 is 1.33. The van der Waals surface area contributed by atoms with Crippen molar-refractivity contribution in [2.24, 2.45) is 0 Å². The molecule has 2 fully saturated rings. The molecule has 3 heterocycles. The second-order valence-electron chi connectivity index (χ2n) is 7.39. The Labute approximate surface area is 180 Å². The Morgan fingerprint density at radius 1 is 1.17 bits per heavy atom. The second-order valence-corrected chi connectivity index (χ2v) is 8.43. The summed E-state index contributed by atoms with van der Waals surface area (Å²) in [5.41, 5.74) is 2.11. The second kappa shape index (κ2) is 9.90. The normalized spacial score (nSPS) is 16.7. The van der Waals surface area contributed by atoms with Crippen LogP contribution in [0.4, 0.5) is 16.5 Å². The van der Waals surface area contributed by atoms with Crippen LogP contribution >= 0.6 is 11.3 Å². The molecular weight excluding hydrogens is 402 g/mol. The first-order chi connectivity index (χ1) is 14.7. The molecule has 160 valence electrons. The van der Waals surface area contributed by atoms with Gasteiger partial charge in [-0.3, -0.25) is 9.59 Å². The number of ether oxygens (including phenoxy) is 1. The van der Waals surface area contributed by atoms with Crippen molar-refractivity contribution in [1.82, 2.24) is 15.2 Å². The van der Waals surface area contributed by atoms with Crippen LogP contribution in [0, 0.1) is 0 Å². The highest BCUT2D eigenvalue weighted by Gasteiger charge is 2.19. The number of rotatable bonds is 8. The van der Waals surface area contributed by atoms with E-state index in [4.69, 9.17) is 4.74 Å². The van der Waals surface area contributed by atoms with Crippen molar-refractivity contribution >= 4 is 39.7 Å². The molecule has 30 heavy (non-hydrogen) atoms. The zero-order valence-electron chi connectivity index (χ0n) is 16.9. The number of hydrogen-bond acceptors (Lipinski definition) is 7. The fraction of sp³-hybridized carbons (Fsp3) is 0.476. The molecule has 0 aliphatic carbocycles. The van der Waals surface area contributed by atoms with Crippen LogP contribution in [0.15, 0.2) is 30.5 Å². The minimum atomic E-state index is -0.129. The zero-order chi connectivity index (χ0) is 20.8. The van der Waals surface area contributed by atoms with E-state index in [2.05, 4.69) is 32.7 Å². The molecule has 1 aromatic carbocycles. The van der Waals surface area contributed by atoms with Gasteiger partial charge in [-0.15, -0.1) is 0 Å². The highest BCUT2D eigenvalue weighted by molar-refractivity contribution is 7.17. The molecule has 8 nitrogen and oxygen atoms in total. The number of hydrogen-bond donors (Lipinski definition) is 2. The number of anilines is 3. The third-order valence-electron chi connectivity index (χ3n) is 5.29. The van der Waals surface area contributed by atoms with Gasteiger partial charge in [0.2, 0.25) is 5.91 Å². The van der Waals surface area contributed by atoms with Crippen molar-refractivity contribution in [2.75, 3.05) is 56.2 Å². The average Bonchev–Trinajstić information content (AvgIpc) is 3.41. The number of morpholine rings is 1. The van der Waals surface area contributed by atoms with Crippen molar-refractivity contribution in [3.8, 4) is 0 Å². The predicted octanol–water partition coefficient (Wildman–Crippen LogP) is 2.47. The van der Waals surface area contributed by atoms with Gasteiger partial charge in [-0.25, -0.2) is 4.98 Å². The molecule has 4 rings (SSSR count). The summed E-state index contributed by atoms with van der Waals surface area (Å²) < 4.78 is 5.39. The predicted molar refractivity (Wildman–Crippen MR) is 118 cm³/mol. The molecule has 2 aliphatic rings. The van der Waals surface area contributed by atoms with Gasteiger partial charge < -0.3 is 25.2 Å². The molecular formula is C21H27N5O3S. The maximum absolute atomic E-state index is 12.3.